The summed E-state index contributed by atoms with van der Waals surface area (Å²) in [7, 11) is 1.63. The smallest absolute Gasteiger partial charge is 0.264 e. The Morgan fingerprint density at radius 3 is 2.46 bits per heavy atom. The largest absolute Gasteiger partial charge is 0.383 e. The number of halogens is 1. The number of methoxy groups -OCH3 is 1. The van der Waals surface area contributed by atoms with Gasteiger partial charge in [-0.2, -0.15) is 0 Å². The minimum atomic E-state index is -0.268. The van der Waals surface area contributed by atoms with E-state index in [0.29, 0.717) is 24.6 Å². The van der Waals surface area contributed by atoms with E-state index in [2.05, 4.69) is 0 Å². The zero-order valence-electron chi connectivity index (χ0n) is 14.5. The van der Waals surface area contributed by atoms with Crippen molar-refractivity contribution >= 4 is 17.2 Å². The SMILES string of the molecule is COCCN(Cc1ccccc1)C(=O)c1ccc(-c2ccc(F)cc2)s1. The number of carbonyl (C=O) groups excluding carboxylic acids is 1. The van der Waals surface area contributed by atoms with Crippen LogP contribution in [0, 0.1) is 5.82 Å². The second-order valence-electron chi connectivity index (χ2n) is 5.88. The number of rotatable bonds is 7. The molecule has 0 N–H and O–H groups in total. The Labute approximate surface area is 156 Å². The molecule has 0 spiro atoms. The van der Waals surface area contributed by atoms with Gasteiger partial charge in [-0.1, -0.05) is 42.5 Å². The summed E-state index contributed by atoms with van der Waals surface area (Å²) in [4.78, 5) is 16.4. The Kier molecular flexibility index (Phi) is 6.15. The minimum Gasteiger partial charge on any atom is -0.383 e. The van der Waals surface area contributed by atoms with Crippen LogP contribution in [-0.2, 0) is 11.3 Å². The van der Waals surface area contributed by atoms with E-state index in [4.69, 9.17) is 4.74 Å². The maximum Gasteiger partial charge on any atom is 0.264 e. The van der Waals surface area contributed by atoms with Gasteiger partial charge in [0.1, 0.15) is 5.82 Å². The first-order valence-corrected chi connectivity index (χ1v) is 9.17. The van der Waals surface area contributed by atoms with Crippen molar-refractivity contribution in [3.63, 3.8) is 0 Å². The second kappa shape index (κ2) is 8.74. The number of benzene rings is 2. The van der Waals surface area contributed by atoms with Crippen LogP contribution in [0.25, 0.3) is 10.4 Å². The second-order valence-corrected chi connectivity index (χ2v) is 6.96. The number of carbonyl (C=O) groups is 1. The molecule has 0 saturated carbocycles. The van der Waals surface area contributed by atoms with Gasteiger partial charge in [0.25, 0.3) is 5.91 Å². The van der Waals surface area contributed by atoms with E-state index >= 15 is 0 Å². The van der Waals surface area contributed by atoms with Crippen LogP contribution in [0.5, 0.6) is 0 Å². The van der Waals surface area contributed by atoms with Gasteiger partial charge in [-0.15, -0.1) is 11.3 Å². The Balaban J connectivity index is 1.79. The van der Waals surface area contributed by atoms with Crippen molar-refractivity contribution in [2.75, 3.05) is 20.3 Å². The number of hydrogen-bond donors (Lipinski definition) is 0. The van der Waals surface area contributed by atoms with Gasteiger partial charge in [-0.25, -0.2) is 4.39 Å². The standard InChI is InChI=1S/C21H20FNO2S/c1-25-14-13-23(15-16-5-3-2-4-6-16)21(24)20-12-11-19(26-20)17-7-9-18(22)10-8-17/h2-12H,13-15H2,1H3. The van der Waals surface area contributed by atoms with E-state index in [-0.39, 0.29) is 11.7 Å². The first-order valence-electron chi connectivity index (χ1n) is 8.35. The third-order valence-corrected chi connectivity index (χ3v) is 5.14. The molecule has 26 heavy (non-hydrogen) atoms. The first kappa shape index (κ1) is 18.3. The summed E-state index contributed by atoms with van der Waals surface area (Å²) in [6.07, 6.45) is 0. The lowest BCUT2D eigenvalue weighted by Gasteiger charge is -2.22. The lowest BCUT2D eigenvalue weighted by atomic mass is 10.2. The van der Waals surface area contributed by atoms with Gasteiger partial charge < -0.3 is 9.64 Å². The lowest BCUT2D eigenvalue weighted by Crippen LogP contribution is -2.33. The van der Waals surface area contributed by atoms with E-state index in [0.717, 1.165) is 16.0 Å². The Morgan fingerprint density at radius 2 is 1.77 bits per heavy atom. The van der Waals surface area contributed by atoms with Gasteiger partial charge in [-0.05, 0) is 35.4 Å². The average Bonchev–Trinajstić information content (AvgIpc) is 3.16. The molecule has 1 heterocycles. The molecule has 0 aliphatic rings. The van der Waals surface area contributed by atoms with Crippen LogP contribution >= 0.6 is 11.3 Å². The zero-order valence-corrected chi connectivity index (χ0v) is 15.3. The van der Waals surface area contributed by atoms with Crippen molar-refractivity contribution in [2.45, 2.75) is 6.54 Å². The van der Waals surface area contributed by atoms with E-state index in [9.17, 15) is 9.18 Å². The molecule has 0 radical (unpaired) electrons. The van der Waals surface area contributed by atoms with E-state index in [1.54, 1.807) is 24.1 Å². The predicted molar refractivity (Wildman–Crippen MR) is 103 cm³/mol. The van der Waals surface area contributed by atoms with Crippen LogP contribution in [0.2, 0.25) is 0 Å². The maximum absolute atomic E-state index is 13.1. The van der Waals surface area contributed by atoms with E-state index in [1.165, 1.54) is 23.5 Å². The van der Waals surface area contributed by atoms with Crippen molar-refractivity contribution in [3.05, 3.63) is 83.0 Å². The Bertz CT molecular complexity index is 846. The molecule has 0 atom stereocenters. The minimum absolute atomic E-state index is 0.0238. The summed E-state index contributed by atoms with van der Waals surface area (Å²) in [5.74, 6) is -0.292. The van der Waals surface area contributed by atoms with Gasteiger partial charge in [0.15, 0.2) is 0 Å². The summed E-state index contributed by atoms with van der Waals surface area (Å²) < 4.78 is 18.3. The number of thiophene rings is 1. The van der Waals surface area contributed by atoms with Gasteiger partial charge in [0.05, 0.1) is 11.5 Å². The highest BCUT2D eigenvalue weighted by atomic mass is 32.1. The first-order chi connectivity index (χ1) is 12.7. The molecule has 2 aromatic carbocycles. The van der Waals surface area contributed by atoms with E-state index < -0.39 is 0 Å². The van der Waals surface area contributed by atoms with Crippen LogP contribution in [-0.4, -0.2) is 31.1 Å². The van der Waals surface area contributed by atoms with Crippen molar-refractivity contribution in [1.29, 1.82) is 0 Å². The summed E-state index contributed by atoms with van der Waals surface area (Å²) >= 11 is 1.42. The molecule has 1 aromatic heterocycles. The normalized spacial score (nSPS) is 10.7. The number of amides is 1. The molecule has 3 nitrogen and oxygen atoms in total. The fourth-order valence-corrected chi connectivity index (χ4v) is 3.62. The third kappa shape index (κ3) is 4.56. The average molecular weight is 369 g/mol. The van der Waals surface area contributed by atoms with Crippen LogP contribution in [0.15, 0.2) is 66.7 Å². The molecular formula is C21H20FNO2S. The maximum atomic E-state index is 13.1. The quantitative estimate of drug-likeness (QED) is 0.596. The topological polar surface area (TPSA) is 29.5 Å². The molecule has 0 aliphatic carbocycles. The summed E-state index contributed by atoms with van der Waals surface area (Å²) in [5, 5.41) is 0. The highest BCUT2D eigenvalue weighted by molar-refractivity contribution is 7.17. The van der Waals surface area contributed by atoms with Crippen molar-refractivity contribution < 1.29 is 13.9 Å². The Morgan fingerprint density at radius 1 is 1.04 bits per heavy atom. The molecule has 3 aromatic rings. The molecule has 0 aliphatic heterocycles. The number of ether oxygens (including phenoxy) is 1. The number of nitrogens with zero attached hydrogens (tertiary/aromatic N) is 1. The van der Waals surface area contributed by atoms with Crippen LogP contribution in [0.4, 0.5) is 4.39 Å². The lowest BCUT2D eigenvalue weighted by molar-refractivity contribution is 0.0685. The zero-order chi connectivity index (χ0) is 18.4. The highest BCUT2D eigenvalue weighted by Crippen LogP contribution is 2.29. The fraction of sp³-hybridized carbons (Fsp3) is 0.190. The van der Waals surface area contributed by atoms with E-state index in [1.807, 2.05) is 42.5 Å². The monoisotopic (exact) mass is 369 g/mol. The van der Waals surface area contributed by atoms with Gasteiger partial charge in [0, 0.05) is 25.1 Å². The summed E-state index contributed by atoms with van der Waals surface area (Å²) in [5.41, 5.74) is 1.98. The van der Waals surface area contributed by atoms with Gasteiger partial charge >= 0.3 is 0 Å². The molecule has 5 heteroatoms. The summed E-state index contributed by atoms with van der Waals surface area (Å²) in [6, 6.07) is 19.9. The molecule has 1 amide bonds. The van der Waals surface area contributed by atoms with Crippen molar-refractivity contribution in [1.82, 2.24) is 4.90 Å². The molecule has 0 saturated heterocycles. The molecular weight excluding hydrogens is 349 g/mol. The van der Waals surface area contributed by atoms with Gasteiger partial charge in [-0.3, -0.25) is 4.79 Å². The fourth-order valence-electron chi connectivity index (χ4n) is 2.64. The van der Waals surface area contributed by atoms with Crippen LogP contribution in [0.1, 0.15) is 15.2 Å². The summed E-state index contributed by atoms with van der Waals surface area (Å²) in [6.45, 7) is 1.54. The van der Waals surface area contributed by atoms with Crippen LogP contribution in [0.3, 0.4) is 0 Å². The molecule has 0 unspecified atom stereocenters. The van der Waals surface area contributed by atoms with Crippen LogP contribution < -0.4 is 0 Å². The molecule has 0 bridgehead atoms. The molecule has 0 fully saturated rings. The van der Waals surface area contributed by atoms with Crippen molar-refractivity contribution in [2.24, 2.45) is 0 Å². The van der Waals surface area contributed by atoms with Crippen molar-refractivity contribution in [3.8, 4) is 10.4 Å². The Hall–Kier alpha value is -2.50. The molecule has 3 rings (SSSR count). The molecule has 134 valence electrons. The highest BCUT2D eigenvalue weighted by Gasteiger charge is 2.18. The van der Waals surface area contributed by atoms with Gasteiger partial charge in [0.2, 0.25) is 0 Å². The third-order valence-electron chi connectivity index (χ3n) is 4.01. The predicted octanol–water partition coefficient (Wildman–Crippen LogP) is 4.84. The number of hydrogen-bond acceptors (Lipinski definition) is 3.